The first kappa shape index (κ1) is 10.1. The number of unbranched alkanes of at least 4 members (excludes halogenated alkanes) is 2. The van der Waals surface area contributed by atoms with Crippen LogP contribution >= 0.6 is 0 Å². The van der Waals surface area contributed by atoms with Crippen LogP contribution in [0.1, 0.15) is 31.9 Å². The van der Waals surface area contributed by atoms with Crippen LogP contribution in [0.5, 0.6) is 0 Å². The van der Waals surface area contributed by atoms with E-state index < -0.39 is 0 Å². The van der Waals surface area contributed by atoms with Crippen molar-refractivity contribution in [2.24, 2.45) is 7.05 Å². The van der Waals surface area contributed by atoms with Gasteiger partial charge >= 0.3 is 0 Å². The number of hydrogen-bond donors (Lipinski definition) is 1. The maximum Gasteiger partial charge on any atom is 0.202 e. The van der Waals surface area contributed by atoms with Gasteiger partial charge in [0.05, 0.1) is 5.69 Å². The van der Waals surface area contributed by atoms with E-state index in [-0.39, 0.29) is 0 Å². The van der Waals surface area contributed by atoms with Crippen molar-refractivity contribution in [2.45, 2.75) is 33.1 Å². The molecular formula is C10H19N3. The fourth-order valence-corrected chi connectivity index (χ4v) is 1.36. The van der Waals surface area contributed by atoms with Crippen LogP contribution in [-0.2, 0) is 7.05 Å². The molecule has 0 aliphatic carbocycles. The Kier molecular flexibility index (Phi) is 3.80. The summed E-state index contributed by atoms with van der Waals surface area (Å²) in [5.74, 6) is 0.980. The van der Waals surface area contributed by atoms with Crippen molar-refractivity contribution in [3.8, 4) is 0 Å². The highest BCUT2D eigenvalue weighted by atomic mass is 15.2. The Morgan fingerprint density at radius 1 is 1.46 bits per heavy atom. The van der Waals surface area contributed by atoms with Crippen molar-refractivity contribution in [3.63, 3.8) is 0 Å². The molecule has 1 aromatic heterocycles. The molecule has 74 valence electrons. The second-order valence-corrected chi connectivity index (χ2v) is 3.45. The molecule has 0 fully saturated rings. The summed E-state index contributed by atoms with van der Waals surface area (Å²) in [6.07, 6.45) is 5.81. The van der Waals surface area contributed by atoms with Crippen molar-refractivity contribution in [1.29, 1.82) is 0 Å². The number of nitrogens with one attached hydrogen (secondary N) is 1. The Balaban J connectivity index is 2.32. The van der Waals surface area contributed by atoms with E-state index in [0.717, 1.165) is 18.2 Å². The third-order valence-electron chi connectivity index (χ3n) is 2.06. The van der Waals surface area contributed by atoms with Gasteiger partial charge in [-0.2, -0.15) is 0 Å². The first-order valence-electron chi connectivity index (χ1n) is 4.98. The molecule has 0 atom stereocenters. The number of anilines is 1. The van der Waals surface area contributed by atoms with Gasteiger partial charge in [0.25, 0.3) is 0 Å². The van der Waals surface area contributed by atoms with E-state index in [4.69, 9.17) is 0 Å². The highest BCUT2D eigenvalue weighted by Gasteiger charge is 1.99. The molecule has 0 aliphatic rings. The molecule has 0 aromatic carbocycles. The summed E-state index contributed by atoms with van der Waals surface area (Å²) in [6.45, 7) is 5.25. The Morgan fingerprint density at radius 2 is 2.23 bits per heavy atom. The van der Waals surface area contributed by atoms with E-state index in [1.54, 1.807) is 0 Å². The van der Waals surface area contributed by atoms with Crippen LogP contribution in [0.3, 0.4) is 0 Å². The van der Waals surface area contributed by atoms with Crippen LogP contribution in [-0.4, -0.2) is 16.1 Å². The van der Waals surface area contributed by atoms with Gasteiger partial charge in [0.1, 0.15) is 0 Å². The third kappa shape index (κ3) is 3.09. The summed E-state index contributed by atoms with van der Waals surface area (Å²) in [4.78, 5) is 4.36. The standard InChI is InChI=1S/C10H19N3/c1-4-5-6-7-11-10-12-9(2)8-13(10)3/h8H,4-7H2,1-3H3,(H,11,12). The Labute approximate surface area is 80.2 Å². The quantitative estimate of drug-likeness (QED) is 0.706. The lowest BCUT2D eigenvalue weighted by Gasteiger charge is -2.04. The van der Waals surface area contributed by atoms with Crippen LogP contribution in [0.4, 0.5) is 5.95 Å². The molecule has 1 rings (SSSR count). The van der Waals surface area contributed by atoms with E-state index in [2.05, 4.69) is 17.2 Å². The molecule has 0 aliphatic heterocycles. The number of aryl methyl sites for hydroxylation is 2. The lowest BCUT2D eigenvalue weighted by atomic mass is 10.2. The minimum atomic E-state index is 0.980. The van der Waals surface area contributed by atoms with Crippen molar-refractivity contribution in [1.82, 2.24) is 9.55 Å². The summed E-state index contributed by atoms with van der Waals surface area (Å²) in [5, 5.41) is 3.32. The van der Waals surface area contributed by atoms with E-state index in [1.807, 2.05) is 24.7 Å². The number of imidazole rings is 1. The predicted molar refractivity (Wildman–Crippen MR) is 56.0 cm³/mol. The lowest BCUT2D eigenvalue weighted by molar-refractivity contribution is 0.736. The number of nitrogens with zero attached hydrogens (tertiary/aromatic N) is 2. The van der Waals surface area contributed by atoms with Crippen LogP contribution in [0.15, 0.2) is 6.20 Å². The highest BCUT2D eigenvalue weighted by Crippen LogP contribution is 2.05. The molecule has 3 heteroatoms. The fraction of sp³-hybridized carbons (Fsp3) is 0.700. The molecule has 3 nitrogen and oxygen atoms in total. The second kappa shape index (κ2) is 4.90. The molecular weight excluding hydrogens is 162 g/mol. The third-order valence-corrected chi connectivity index (χ3v) is 2.06. The second-order valence-electron chi connectivity index (χ2n) is 3.45. The van der Waals surface area contributed by atoms with Gasteiger partial charge in [-0.1, -0.05) is 19.8 Å². The first-order chi connectivity index (χ1) is 6.24. The SMILES string of the molecule is CCCCCNc1nc(C)cn1C. The topological polar surface area (TPSA) is 29.9 Å². The lowest BCUT2D eigenvalue weighted by Crippen LogP contribution is -2.06. The van der Waals surface area contributed by atoms with E-state index in [0.29, 0.717) is 0 Å². The predicted octanol–water partition coefficient (Wildman–Crippen LogP) is 2.33. The van der Waals surface area contributed by atoms with Crippen LogP contribution in [0.25, 0.3) is 0 Å². The van der Waals surface area contributed by atoms with Gasteiger partial charge in [0.15, 0.2) is 0 Å². The maximum atomic E-state index is 4.36. The Morgan fingerprint density at radius 3 is 2.77 bits per heavy atom. The van der Waals surface area contributed by atoms with Gasteiger partial charge < -0.3 is 9.88 Å². The molecule has 0 amide bonds. The van der Waals surface area contributed by atoms with Crippen molar-refractivity contribution in [3.05, 3.63) is 11.9 Å². The Bertz CT molecular complexity index is 253. The Hall–Kier alpha value is -0.990. The average Bonchev–Trinajstić information content (AvgIpc) is 2.39. The molecule has 1 aromatic rings. The summed E-state index contributed by atoms with van der Waals surface area (Å²) in [6, 6.07) is 0. The molecule has 0 saturated carbocycles. The van der Waals surface area contributed by atoms with Gasteiger partial charge in [-0.25, -0.2) is 4.98 Å². The molecule has 0 saturated heterocycles. The molecule has 0 spiro atoms. The van der Waals surface area contributed by atoms with Crippen molar-refractivity contribution < 1.29 is 0 Å². The zero-order valence-corrected chi connectivity index (χ0v) is 8.80. The van der Waals surface area contributed by atoms with Crippen LogP contribution in [0, 0.1) is 6.92 Å². The minimum absolute atomic E-state index is 0.980. The first-order valence-corrected chi connectivity index (χ1v) is 4.98. The van der Waals surface area contributed by atoms with Gasteiger partial charge in [0, 0.05) is 19.8 Å². The molecule has 1 heterocycles. The number of hydrogen-bond acceptors (Lipinski definition) is 2. The number of aromatic nitrogens is 2. The van der Waals surface area contributed by atoms with Gasteiger partial charge in [0.2, 0.25) is 5.95 Å². The molecule has 1 N–H and O–H groups in total. The number of rotatable bonds is 5. The summed E-state index contributed by atoms with van der Waals surface area (Å²) >= 11 is 0. The minimum Gasteiger partial charge on any atom is -0.356 e. The smallest absolute Gasteiger partial charge is 0.202 e. The monoisotopic (exact) mass is 181 g/mol. The zero-order chi connectivity index (χ0) is 9.68. The van der Waals surface area contributed by atoms with E-state index in [9.17, 15) is 0 Å². The van der Waals surface area contributed by atoms with Crippen LogP contribution < -0.4 is 5.32 Å². The highest BCUT2D eigenvalue weighted by molar-refractivity contribution is 5.27. The summed E-state index contributed by atoms with van der Waals surface area (Å²) in [7, 11) is 2.02. The van der Waals surface area contributed by atoms with E-state index in [1.165, 1.54) is 19.3 Å². The van der Waals surface area contributed by atoms with Gasteiger partial charge in [-0.05, 0) is 13.3 Å². The van der Waals surface area contributed by atoms with E-state index >= 15 is 0 Å². The molecule has 0 unspecified atom stereocenters. The largest absolute Gasteiger partial charge is 0.356 e. The normalized spacial score (nSPS) is 10.4. The van der Waals surface area contributed by atoms with Crippen molar-refractivity contribution >= 4 is 5.95 Å². The van der Waals surface area contributed by atoms with Gasteiger partial charge in [-0.3, -0.25) is 0 Å². The van der Waals surface area contributed by atoms with Gasteiger partial charge in [-0.15, -0.1) is 0 Å². The molecule has 13 heavy (non-hydrogen) atoms. The average molecular weight is 181 g/mol. The summed E-state index contributed by atoms with van der Waals surface area (Å²) < 4.78 is 2.03. The zero-order valence-electron chi connectivity index (χ0n) is 8.80. The summed E-state index contributed by atoms with van der Waals surface area (Å²) in [5.41, 5.74) is 1.07. The van der Waals surface area contributed by atoms with Crippen molar-refractivity contribution in [2.75, 3.05) is 11.9 Å². The molecule has 0 radical (unpaired) electrons. The van der Waals surface area contributed by atoms with Crippen LogP contribution in [0.2, 0.25) is 0 Å². The maximum absolute atomic E-state index is 4.36. The molecule has 0 bridgehead atoms. The fourth-order valence-electron chi connectivity index (χ4n) is 1.36.